The van der Waals surface area contributed by atoms with Gasteiger partial charge in [-0.05, 0) is 30.9 Å². The molecule has 0 bridgehead atoms. The Balaban J connectivity index is 1.99. The maximum atomic E-state index is 13.7. The van der Waals surface area contributed by atoms with Crippen molar-refractivity contribution < 1.29 is 9.09 Å². The minimum Gasteiger partial charge on any atom is -0.328 e. The highest BCUT2D eigenvalue weighted by atomic mass is 31.2. The Kier molecular flexibility index (Phi) is 4.28. The van der Waals surface area contributed by atoms with Crippen LogP contribution in [0.1, 0.15) is 42.2 Å². The first-order valence-corrected chi connectivity index (χ1v) is 9.36. The van der Waals surface area contributed by atoms with Gasteiger partial charge in [-0.1, -0.05) is 60.7 Å². The molecular formula is C18H21O2P. The van der Waals surface area contributed by atoms with E-state index in [1.54, 1.807) is 0 Å². The Labute approximate surface area is 126 Å². The van der Waals surface area contributed by atoms with Crippen molar-refractivity contribution in [1.29, 1.82) is 0 Å². The first-order valence-electron chi connectivity index (χ1n) is 7.59. The van der Waals surface area contributed by atoms with Crippen LogP contribution in [0.15, 0.2) is 60.7 Å². The molecule has 1 aliphatic rings. The minimum atomic E-state index is -2.73. The van der Waals surface area contributed by atoms with Crippen molar-refractivity contribution >= 4 is 7.37 Å². The van der Waals surface area contributed by atoms with Crippen molar-refractivity contribution in [2.75, 3.05) is 6.61 Å². The Morgan fingerprint density at radius 2 is 1.33 bits per heavy atom. The predicted molar refractivity (Wildman–Crippen MR) is 86.8 cm³/mol. The average Bonchev–Trinajstić information content (AvgIpc) is 2.86. The van der Waals surface area contributed by atoms with Crippen LogP contribution < -0.4 is 0 Å². The van der Waals surface area contributed by atoms with Crippen molar-refractivity contribution in [3.8, 4) is 0 Å². The van der Waals surface area contributed by atoms with Gasteiger partial charge in [-0.25, -0.2) is 0 Å². The monoisotopic (exact) mass is 300 g/mol. The summed E-state index contributed by atoms with van der Waals surface area (Å²) >= 11 is 0. The SMILES string of the molecule is CCOP1(=O)[C@H](c2ccccc2)CC[C@H]1c1ccccc1. The smallest absolute Gasteiger partial charge is 0.217 e. The topological polar surface area (TPSA) is 26.3 Å². The van der Waals surface area contributed by atoms with Crippen molar-refractivity contribution in [3.63, 3.8) is 0 Å². The number of hydrogen-bond donors (Lipinski definition) is 0. The van der Waals surface area contributed by atoms with E-state index in [-0.39, 0.29) is 11.3 Å². The standard InChI is InChI=1S/C18H21O2P/c1-2-20-21(19)17(15-9-5-3-6-10-15)13-14-18(21)16-11-7-4-8-12-16/h3-12,17-18H,2,13-14H2,1H3/t17-,18-/m0/s1. The quantitative estimate of drug-likeness (QED) is 0.689. The van der Waals surface area contributed by atoms with Crippen molar-refractivity contribution in [2.24, 2.45) is 0 Å². The van der Waals surface area contributed by atoms with Gasteiger partial charge < -0.3 is 4.52 Å². The molecule has 21 heavy (non-hydrogen) atoms. The van der Waals surface area contributed by atoms with Gasteiger partial charge in [0.2, 0.25) is 7.37 Å². The molecule has 2 atom stereocenters. The van der Waals surface area contributed by atoms with E-state index >= 15 is 0 Å². The van der Waals surface area contributed by atoms with Crippen LogP contribution in [-0.4, -0.2) is 6.61 Å². The molecule has 0 radical (unpaired) electrons. The second kappa shape index (κ2) is 6.17. The number of rotatable bonds is 4. The summed E-state index contributed by atoms with van der Waals surface area (Å²) in [6.07, 6.45) is 1.86. The predicted octanol–water partition coefficient (Wildman–Crippen LogP) is 5.58. The molecule has 0 unspecified atom stereocenters. The highest BCUT2D eigenvalue weighted by Gasteiger charge is 2.48. The molecule has 1 heterocycles. The third-order valence-corrected chi connectivity index (χ3v) is 7.79. The minimum absolute atomic E-state index is 0.0313. The molecule has 1 aliphatic heterocycles. The number of hydrogen-bond acceptors (Lipinski definition) is 2. The van der Waals surface area contributed by atoms with Crippen LogP contribution in [0.2, 0.25) is 0 Å². The largest absolute Gasteiger partial charge is 0.328 e. The van der Waals surface area contributed by atoms with E-state index in [0.29, 0.717) is 6.61 Å². The molecule has 0 N–H and O–H groups in total. The highest BCUT2D eigenvalue weighted by molar-refractivity contribution is 7.60. The van der Waals surface area contributed by atoms with Crippen molar-refractivity contribution in [2.45, 2.75) is 31.1 Å². The maximum Gasteiger partial charge on any atom is 0.217 e. The maximum absolute atomic E-state index is 13.7. The first-order chi connectivity index (χ1) is 10.3. The van der Waals surface area contributed by atoms with Gasteiger partial charge in [0, 0.05) is 0 Å². The van der Waals surface area contributed by atoms with Crippen LogP contribution in [-0.2, 0) is 9.09 Å². The fraction of sp³-hybridized carbons (Fsp3) is 0.333. The van der Waals surface area contributed by atoms with E-state index in [9.17, 15) is 4.57 Å². The fourth-order valence-electron chi connectivity index (χ4n) is 3.37. The van der Waals surface area contributed by atoms with Gasteiger partial charge in [-0.2, -0.15) is 0 Å². The summed E-state index contributed by atoms with van der Waals surface area (Å²) < 4.78 is 19.5. The molecule has 2 nitrogen and oxygen atoms in total. The average molecular weight is 300 g/mol. The lowest BCUT2D eigenvalue weighted by atomic mass is 10.0. The van der Waals surface area contributed by atoms with Gasteiger partial charge >= 0.3 is 0 Å². The Morgan fingerprint density at radius 1 is 0.905 bits per heavy atom. The fourth-order valence-corrected chi connectivity index (χ4v) is 6.77. The second-order valence-corrected chi connectivity index (χ2v) is 8.29. The van der Waals surface area contributed by atoms with E-state index in [4.69, 9.17) is 4.52 Å². The van der Waals surface area contributed by atoms with Crippen LogP contribution in [0, 0.1) is 0 Å². The molecule has 0 aromatic heterocycles. The third kappa shape index (κ3) is 2.71. The van der Waals surface area contributed by atoms with Crippen LogP contribution in [0.5, 0.6) is 0 Å². The molecule has 1 saturated heterocycles. The van der Waals surface area contributed by atoms with E-state index in [1.807, 2.05) is 43.3 Å². The number of benzene rings is 2. The zero-order chi connectivity index (χ0) is 14.7. The lowest BCUT2D eigenvalue weighted by Crippen LogP contribution is -2.02. The lowest BCUT2D eigenvalue weighted by molar-refractivity contribution is 0.325. The van der Waals surface area contributed by atoms with Gasteiger partial charge in [0.15, 0.2) is 0 Å². The summed E-state index contributed by atoms with van der Waals surface area (Å²) in [5.74, 6) is 0. The first kappa shape index (κ1) is 14.6. The molecule has 3 heteroatoms. The molecule has 110 valence electrons. The van der Waals surface area contributed by atoms with Crippen LogP contribution in [0.25, 0.3) is 0 Å². The van der Waals surface area contributed by atoms with Gasteiger partial charge in [0.05, 0.1) is 17.9 Å². The van der Waals surface area contributed by atoms with Crippen LogP contribution in [0.4, 0.5) is 0 Å². The molecule has 3 rings (SSSR count). The summed E-state index contributed by atoms with van der Waals surface area (Å²) in [6, 6.07) is 20.4. The molecule has 2 aromatic carbocycles. The third-order valence-electron chi connectivity index (χ3n) is 4.28. The zero-order valence-corrected chi connectivity index (χ0v) is 13.2. The van der Waals surface area contributed by atoms with Gasteiger partial charge in [-0.3, -0.25) is 4.57 Å². The van der Waals surface area contributed by atoms with E-state index in [0.717, 1.165) is 24.0 Å². The summed E-state index contributed by atoms with van der Waals surface area (Å²) in [5.41, 5.74) is 2.35. The Bertz CT molecular complexity index is 573. The summed E-state index contributed by atoms with van der Waals surface area (Å²) in [6.45, 7) is 2.44. The second-order valence-electron chi connectivity index (χ2n) is 5.49. The Morgan fingerprint density at radius 3 is 1.71 bits per heavy atom. The molecule has 0 spiro atoms. The molecule has 0 aliphatic carbocycles. The van der Waals surface area contributed by atoms with Crippen LogP contribution >= 0.6 is 7.37 Å². The zero-order valence-electron chi connectivity index (χ0n) is 12.3. The summed E-state index contributed by atoms with van der Waals surface area (Å²) in [4.78, 5) is 0. The Hall–Kier alpha value is -1.37. The van der Waals surface area contributed by atoms with E-state index in [2.05, 4.69) is 24.3 Å². The normalized spacial score (nSPS) is 24.0. The molecule has 0 amide bonds. The van der Waals surface area contributed by atoms with E-state index in [1.165, 1.54) is 0 Å². The molecule has 1 fully saturated rings. The highest BCUT2D eigenvalue weighted by Crippen LogP contribution is 2.76. The van der Waals surface area contributed by atoms with Gasteiger partial charge in [-0.15, -0.1) is 0 Å². The summed E-state index contributed by atoms with van der Waals surface area (Å²) in [7, 11) is -2.73. The molecule has 2 aromatic rings. The van der Waals surface area contributed by atoms with Crippen molar-refractivity contribution in [1.82, 2.24) is 0 Å². The molecular weight excluding hydrogens is 279 g/mol. The van der Waals surface area contributed by atoms with E-state index < -0.39 is 7.37 Å². The lowest BCUT2D eigenvalue weighted by Gasteiger charge is -2.26. The molecule has 0 saturated carbocycles. The summed E-state index contributed by atoms with van der Waals surface area (Å²) in [5, 5.41) is 0. The van der Waals surface area contributed by atoms with Crippen molar-refractivity contribution in [3.05, 3.63) is 71.8 Å². The van der Waals surface area contributed by atoms with Crippen LogP contribution in [0.3, 0.4) is 0 Å². The van der Waals surface area contributed by atoms with Gasteiger partial charge in [0.1, 0.15) is 0 Å². The van der Waals surface area contributed by atoms with Gasteiger partial charge in [0.25, 0.3) is 0 Å².